The maximum absolute atomic E-state index is 5.69. The van der Waals surface area contributed by atoms with Gasteiger partial charge < -0.3 is 14.5 Å². The van der Waals surface area contributed by atoms with Gasteiger partial charge in [-0.2, -0.15) is 0 Å². The zero-order valence-electron chi connectivity index (χ0n) is 11.6. The van der Waals surface area contributed by atoms with Gasteiger partial charge in [-0.15, -0.1) is 0 Å². The van der Waals surface area contributed by atoms with Crippen LogP contribution in [0.1, 0.15) is 32.3 Å². The van der Waals surface area contributed by atoms with Crippen molar-refractivity contribution in [2.24, 2.45) is 0 Å². The van der Waals surface area contributed by atoms with Crippen LogP contribution in [-0.4, -0.2) is 10.5 Å². The maximum atomic E-state index is 5.69. The Morgan fingerprint density at radius 1 is 1.21 bits per heavy atom. The molecule has 0 unspecified atom stereocenters. The summed E-state index contributed by atoms with van der Waals surface area (Å²) in [4.78, 5) is 3.99. The van der Waals surface area contributed by atoms with Crippen molar-refractivity contribution in [2.75, 3.05) is 0 Å². The molecular weight excluding hydrogens is 240 g/mol. The molecule has 2 heterocycles. The summed E-state index contributed by atoms with van der Waals surface area (Å²) in [7, 11) is 0. The van der Waals surface area contributed by atoms with E-state index < -0.39 is 0 Å². The molecule has 102 valence electrons. The van der Waals surface area contributed by atoms with Crippen LogP contribution in [-0.2, 0) is 13.2 Å². The molecule has 0 aliphatic heterocycles. The van der Waals surface area contributed by atoms with E-state index in [4.69, 9.17) is 9.15 Å². The Morgan fingerprint density at radius 3 is 2.68 bits per heavy atom. The van der Waals surface area contributed by atoms with E-state index >= 15 is 0 Å². The molecule has 19 heavy (non-hydrogen) atoms. The standard InChI is InChI=1S/C15H20N2O2/c1-15(2,3)17-10-13-6-7-14(19-13)11-18-12-5-4-8-16-9-12/h4-9,17H,10-11H2,1-3H3. The fourth-order valence-corrected chi connectivity index (χ4v) is 1.53. The van der Waals surface area contributed by atoms with Crippen molar-refractivity contribution in [1.29, 1.82) is 0 Å². The molecule has 0 spiro atoms. The molecule has 1 N–H and O–H groups in total. The molecule has 0 fully saturated rings. The van der Waals surface area contributed by atoms with Crippen LogP contribution in [0.25, 0.3) is 0 Å². The van der Waals surface area contributed by atoms with Gasteiger partial charge >= 0.3 is 0 Å². The molecule has 4 nitrogen and oxygen atoms in total. The molecule has 0 saturated heterocycles. The maximum Gasteiger partial charge on any atom is 0.146 e. The van der Waals surface area contributed by atoms with Crippen LogP contribution in [0.2, 0.25) is 0 Å². The lowest BCUT2D eigenvalue weighted by Gasteiger charge is -2.19. The van der Waals surface area contributed by atoms with Crippen molar-refractivity contribution < 1.29 is 9.15 Å². The fourth-order valence-electron chi connectivity index (χ4n) is 1.53. The van der Waals surface area contributed by atoms with Crippen LogP contribution in [0.15, 0.2) is 41.1 Å². The van der Waals surface area contributed by atoms with Crippen LogP contribution >= 0.6 is 0 Å². The summed E-state index contributed by atoms with van der Waals surface area (Å²) < 4.78 is 11.3. The molecule has 2 rings (SSSR count). The minimum Gasteiger partial charge on any atom is -0.484 e. The number of ether oxygens (including phenoxy) is 1. The highest BCUT2D eigenvalue weighted by atomic mass is 16.5. The highest BCUT2D eigenvalue weighted by Crippen LogP contribution is 2.13. The predicted octanol–water partition coefficient (Wildman–Crippen LogP) is 3.14. The zero-order valence-corrected chi connectivity index (χ0v) is 11.6. The summed E-state index contributed by atoms with van der Waals surface area (Å²) in [5, 5.41) is 3.38. The predicted molar refractivity (Wildman–Crippen MR) is 73.9 cm³/mol. The minimum absolute atomic E-state index is 0.0825. The first-order valence-corrected chi connectivity index (χ1v) is 6.38. The van der Waals surface area contributed by atoms with E-state index in [2.05, 4.69) is 31.1 Å². The minimum atomic E-state index is 0.0825. The van der Waals surface area contributed by atoms with Crippen molar-refractivity contribution in [1.82, 2.24) is 10.3 Å². The molecule has 0 aliphatic carbocycles. The van der Waals surface area contributed by atoms with E-state index in [9.17, 15) is 0 Å². The second kappa shape index (κ2) is 5.89. The lowest BCUT2D eigenvalue weighted by molar-refractivity contribution is 0.262. The van der Waals surface area contributed by atoms with Gasteiger partial charge in [-0.1, -0.05) is 0 Å². The molecule has 0 saturated carbocycles. The summed E-state index contributed by atoms with van der Waals surface area (Å²) in [6, 6.07) is 7.63. The first-order chi connectivity index (χ1) is 9.03. The number of furan rings is 1. The monoisotopic (exact) mass is 260 g/mol. The van der Waals surface area contributed by atoms with Crippen molar-refractivity contribution >= 4 is 0 Å². The molecule has 0 radical (unpaired) electrons. The Morgan fingerprint density at radius 2 is 2.00 bits per heavy atom. The summed E-state index contributed by atoms with van der Waals surface area (Å²) in [5.74, 6) is 2.47. The summed E-state index contributed by atoms with van der Waals surface area (Å²) in [6.45, 7) is 7.52. The van der Waals surface area contributed by atoms with Crippen LogP contribution in [0.5, 0.6) is 5.75 Å². The van der Waals surface area contributed by atoms with Gasteiger partial charge in [-0.05, 0) is 45.0 Å². The number of aromatic nitrogens is 1. The Labute approximate surface area is 113 Å². The Kier molecular flexibility index (Phi) is 4.22. The van der Waals surface area contributed by atoms with Crippen LogP contribution in [0.4, 0.5) is 0 Å². The lowest BCUT2D eigenvalue weighted by Crippen LogP contribution is -2.34. The lowest BCUT2D eigenvalue weighted by atomic mass is 10.1. The quantitative estimate of drug-likeness (QED) is 0.897. The highest BCUT2D eigenvalue weighted by molar-refractivity contribution is 5.16. The SMILES string of the molecule is CC(C)(C)NCc1ccc(COc2cccnc2)o1. The fraction of sp³-hybridized carbons (Fsp3) is 0.400. The molecule has 2 aromatic rings. The average molecular weight is 260 g/mol. The molecule has 0 aromatic carbocycles. The third kappa shape index (κ3) is 4.75. The van der Waals surface area contributed by atoms with Crippen LogP contribution < -0.4 is 10.1 Å². The van der Waals surface area contributed by atoms with Crippen molar-refractivity contribution in [3.63, 3.8) is 0 Å². The van der Waals surface area contributed by atoms with Gasteiger partial charge in [0.2, 0.25) is 0 Å². The van der Waals surface area contributed by atoms with Crippen molar-refractivity contribution in [3.05, 3.63) is 48.2 Å². The van der Waals surface area contributed by atoms with Gasteiger partial charge in [0, 0.05) is 11.7 Å². The van der Waals surface area contributed by atoms with Gasteiger partial charge in [-0.25, -0.2) is 0 Å². The van der Waals surface area contributed by atoms with Gasteiger partial charge in [0.15, 0.2) is 0 Å². The molecule has 2 aromatic heterocycles. The molecule has 0 aliphatic rings. The Bertz CT molecular complexity index is 500. The number of rotatable bonds is 5. The summed E-state index contributed by atoms with van der Waals surface area (Å²) >= 11 is 0. The molecule has 4 heteroatoms. The number of hydrogen-bond acceptors (Lipinski definition) is 4. The normalized spacial score (nSPS) is 11.5. The smallest absolute Gasteiger partial charge is 0.146 e. The summed E-state index contributed by atoms with van der Waals surface area (Å²) in [5.41, 5.74) is 0.0825. The number of hydrogen-bond donors (Lipinski definition) is 1. The topological polar surface area (TPSA) is 47.3 Å². The van der Waals surface area contributed by atoms with E-state index in [1.807, 2.05) is 24.3 Å². The number of nitrogens with one attached hydrogen (secondary N) is 1. The van der Waals surface area contributed by atoms with Crippen LogP contribution in [0.3, 0.4) is 0 Å². The largest absolute Gasteiger partial charge is 0.484 e. The molecule has 0 atom stereocenters. The number of nitrogens with zero attached hydrogens (tertiary/aromatic N) is 1. The molecule has 0 bridgehead atoms. The molecule has 0 amide bonds. The second-order valence-corrected chi connectivity index (χ2v) is 5.45. The van der Waals surface area contributed by atoms with Gasteiger partial charge in [0.25, 0.3) is 0 Å². The van der Waals surface area contributed by atoms with Crippen molar-refractivity contribution in [2.45, 2.75) is 39.5 Å². The van der Waals surface area contributed by atoms with Gasteiger partial charge in [-0.3, -0.25) is 4.98 Å². The summed E-state index contributed by atoms with van der Waals surface area (Å²) in [6.07, 6.45) is 3.40. The third-order valence-electron chi connectivity index (χ3n) is 2.53. The van der Waals surface area contributed by atoms with Crippen LogP contribution in [0, 0.1) is 0 Å². The first kappa shape index (κ1) is 13.6. The average Bonchev–Trinajstić information content (AvgIpc) is 2.82. The van der Waals surface area contributed by atoms with Crippen molar-refractivity contribution in [3.8, 4) is 5.75 Å². The van der Waals surface area contributed by atoms with E-state index in [1.165, 1.54) is 0 Å². The zero-order chi connectivity index (χ0) is 13.7. The van der Waals surface area contributed by atoms with E-state index in [0.29, 0.717) is 6.61 Å². The van der Waals surface area contributed by atoms with E-state index in [1.54, 1.807) is 12.4 Å². The Balaban J connectivity index is 1.84. The number of pyridine rings is 1. The third-order valence-corrected chi connectivity index (χ3v) is 2.53. The molecular formula is C15H20N2O2. The first-order valence-electron chi connectivity index (χ1n) is 6.38. The van der Waals surface area contributed by atoms with Gasteiger partial charge in [0.05, 0.1) is 12.7 Å². The second-order valence-electron chi connectivity index (χ2n) is 5.45. The Hall–Kier alpha value is -1.81. The van der Waals surface area contributed by atoms with E-state index in [-0.39, 0.29) is 5.54 Å². The van der Waals surface area contributed by atoms with Gasteiger partial charge in [0.1, 0.15) is 23.9 Å². The highest BCUT2D eigenvalue weighted by Gasteiger charge is 2.10. The van der Waals surface area contributed by atoms with E-state index in [0.717, 1.165) is 23.8 Å².